The van der Waals surface area contributed by atoms with E-state index in [1.54, 1.807) is 6.07 Å². The van der Waals surface area contributed by atoms with E-state index in [1.807, 2.05) is 18.2 Å². The van der Waals surface area contributed by atoms with Crippen molar-refractivity contribution in [1.82, 2.24) is 14.9 Å². The number of hydrogen-bond acceptors (Lipinski definition) is 5. The predicted octanol–water partition coefficient (Wildman–Crippen LogP) is 2.20. The lowest BCUT2D eigenvalue weighted by Crippen LogP contribution is -2.42. The SMILES string of the molecule is CCCCC(CN)NC(=O)Cn1cnc2c(oc3ccccc32)c1=O.Cl. The molecule has 1 aromatic carbocycles. The van der Waals surface area contributed by atoms with Crippen LogP contribution in [-0.2, 0) is 11.3 Å². The Morgan fingerprint density at radius 3 is 2.88 bits per heavy atom. The van der Waals surface area contributed by atoms with Gasteiger partial charge in [-0.2, -0.15) is 0 Å². The lowest BCUT2D eigenvalue weighted by molar-refractivity contribution is -0.122. The van der Waals surface area contributed by atoms with Gasteiger partial charge >= 0.3 is 0 Å². The molecule has 0 aliphatic heterocycles. The van der Waals surface area contributed by atoms with Crippen molar-refractivity contribution < 1.29 is 9.21 Å². The summed E-state index contributed by atoms with van der Waals surface area (Å²) in [7, 11) is 0. The number of unbranched alkanes of at least 4 members (excludes halogenated alkanes) is 1. The van der Waals surface area contributed by atoms with Crippen molar-refractivity contribution in [2.45, 2.75) is 38.8 Å². The van der Waals surface area contributed by atoms with E-state index < -0.39 is 0 Å². The van der Waals surface area contributed by atoms with Crippen molar-refractivity contribution in [1.29, 1.82) is 0 Å². The normalized spacial score (nSPS) is 12.1. The molecule has 1 unspecified atom stereocenters. The van der Waals surface area contributed by atoms with Crippen molar-refractivity contribution in [3.05, 3.63) is 40.9 Å². The Balaban J connectivity index is 0.00000243. The highest BCUT2D eigenvalue weighted by Crippen LogP contribution is 2.23. The number of aromatic nitrogens is 2. The van der Waals surface area contributed by atoms with Gasteiger partial charge < -0.3 is 15.5 Å². The van der Waals surface area contributed by atoms with Crippen LogP contribution in [0.15, 0.2) is 39.8 Å². The number of nitrogens with two attached hydrogens (primary N) is 1. The quantitative estimate of drug-likeness (QED) is 0.656. The molecule has 26 heavy (non-hydrogen) atoms. The van der Waals surface area contributed by atoms with Crippen molar-refractivity contribution in [3.8, 4) is 0 Å². The molecule has 3 N–H and O–H groups in total. The Labute approximate surface area is 157 Å². The maximum Gasteiger partial charge on any atom is 0.297 e. The van der Waals surface area contributed by atoms with E-state index in [1.165, 1.54) is 10.9 Å². The van der Waals surface area contributed by atoms with Gasteiger partial charge in [0.25, 0.3) is 5.56 Å². The third kappa shape index (κ3) is 4.05. The van der Waals surface area contributed by atoms with Gasteiger partial charge in [-0.1, -0.05) is 31.9 Å². The van der Waals surface area contributed by atoms with Crippen LogP contribution in [-0.4, -0.2) is 28.0 Å². The second kappa shape index (κ2) is 8.82. The Hall–Kier alpha value is -2.38. The number of carbonyl (C=O) groups excluding carboxylic acids is 1. The first kappa shape index (κ1) is 19.9. The van der Waals surface area contributed by atoms with Gasteiger partial charge in [-0.3, -0.25) is 14.2 Å². The number of furan rings is 1. The lowest BCUT2D eigenvalue weighted by atomic mass is 10.1. The van der Waals surface area contributed by atoms with Gasteiger partial charge in [-0.15, -0.1) is 12.4 Å². The molecule has 140 valence electrons. The number of para-hydroxylation sites is 1. The molecule has 2 aromatic heterocycles. The van der Waals surface area contributed by atoms with E-state index in [2.05, 4.69) is 17.2 Å². The second-order valence-electron chi connectivity index (χ2n) is 6.10. The highest BCUT2D eigenvalue weighted by Gasteiger charge is 2.16. The number of rotatable bonds is 7. The first-order valence-corrected chi connectivity index (χ1v) is 8.50. The molecule has 0 radical (unpaired) electrons. The smallest absolute Gasteiger partial charge is 0.297 e. The summed E-state index contributed by atoms with van der Waals surface area (Å²) in [6.45, 7) is 2.35. The molecule has 1 atom stereocenters. The number of hydrogen-bond donors (Lipinski definition) is 2. The van der Waals surface area contributed by atoms with Crippen LogP contribution in [0, 0.1) is 0 Å². The number of nitrogens with one attached hydrogen (secondary N) is 1. The van der Waals surface area contributed by atoms with Crippen LogP contribution < -0.4 is 16.6 Å². The molecule has 3 aromatic rings. The molecule has 7 nitrogen and oxygen atoms in total. The molecule has 8 heteroatoms. The number of benzene rings is 1. The van der Waals surface area contributed by atoms with Gasteiger partial charge in [0.05, 0.1) is 6.33 Å². The van der Waals surface area contributed by atoms with Crippen molar-refractivity contribution >= 4 is 40.4 Å². The van der Waals surface area contributed by atoms with Crippen LogP contribution in [0.4, 0.5) is 0 Å². The van der Waals surface area contributed by atoms with Gasteiger partial charge in [0.15, 0.2) is 0 Å². The maximum atomic E-state index is 12.6. The Morgan fingerprint density at radius 2 is 2.15 bits per heavy atom. The van der Waals surface area contributed by atoms with Gasteiger partial charge in [-0.05, 0) is 18.6 Å². The molecule has 0 bridgehead atoms. The summed E-state index contributed by atoms with van der Waals surface area (Å²) in [4.78, 5) is 29.1. The van der Waals surface area contributed by atoms with E-state index in [0.717, 1.165) is 24.6 Å². The zero-order valence-corrected chi connectivity index (χ0v) is 15.4. The third-order valence-corrected chi connectivity index (χ3v) is 4.22. The van der Waals surface area contributed by atoms with Crippen LogP contribution in [0.3, 0.4) is 0 Å². The molecule has 0 aliphatic rings. The minimum absolute atomic E-state index is 0. The molecule has 0 saturated heterocycles. The van der Waals surface area contributed by atoms with E-state index in [4.69, 9.17) is 10.2 Å². The summed E-state index contributed by atoms with van der Waals surface area (Å²) >= 11 is 0. The van der Waals surface area contributed by atoms with Crippen LogP contribution in [0.25, 0.3) is 22.1 Å². The summed E-state index contributed by atoms with van der Waals surface area (Å²) in [5.41, 5.74) is 6.61. The van der Waals surface area contributed by atoms with Crippen LogP contribution in [0.2, 0.25) is 0 Å². The van der Waals surface area contributed by atoms with Gasteiger partial charge in [0.2, 0.25) is 11.5 Å². The zero-order chi connectivity index (χ0) is 17.8. The van der Waals surface area contributed by atoms with E-state index in [9.17, 15) is 9.59 Å². The highest BCUT2D eigenvalue weighted by molar-refractivity contribution is 6.01. The van der Waals surface area contributed by atoms with Crippen LogP contribution in [0.5, 0.6) is 0 Å². The zero-order valence-electron chi connectivity index (χ0n) is 14.6. The maximum absolute atomic E-state index is 12.6. The summed E-state index contributed by atoms with van der Waals surface area (Å²) in [5.74, 6) is -0.258. The lowest BCUT2D eigenvalue weighted by Gasteiger charge is -2.16. The Kier molecular flexibility index (Phi) is 6.76. The molecular weight excluding hydrogens is 356 g/mol. The average Bonchev–Trinajstić information content (AvgIpc) is 3.00. The van der Waals surface area contributed by atoms with Crippen molar-refractivity contribution in [2.75, 3.05) is 6.54 Å². The summed E-state index contributed by atoms with van der Waals surface area (Å²) in [5, 5.41) is 3.66. The van der Waals surface area contributed by atoms with Gasteiger partial charge in [-0.25, -0.2) is 4.98 Å². The number of halogens is 1. The van der Waals surface area contributed by atoms with E-state index >= 15 is 0 Å². The Bertz CT molecular complexity index is 950. The molecule has 0 fully saturated rings. The molecular formula is C18H23ClN4O3. The fourth-order valence-electron chi connectivity index (χ4n) is 2.86. The van der Waals surface area contributed by atoms with E-state index in [0.29, 0.717) is 17.6 Å². The molecule has 3 rings (SSSR count). The van der Waals surface area contributed by atoms with E-state index in [-0.39, 0.29) is 42.0 Å². The summed E-state index contributed by atoms with van der Waals surface area (Å²) in [6, 6.07) is 7.25. The minimum atomic E-state index is -0.366. The molecule has 2 heterocycles. The second-order valence-corrected chi connectivity index (χ2v) is 6.10. The predicted molar refractivity (Wildman–Crippen MR) is 104 cm³/mol. The number of fused-ring (bicyclic) bond motifs is 3. The largest absolute Gasteiger partial charge is 0.448 e. The fourth-order valence-corrected chi connectivity index (χ4v) is 2.86. The molecule has 0 aliphatic carbocycles. The summed E-state index contributed by atoms with van der Waals surface area (Å²) in [6.07, 6.45) is 4.25. The number of amides is 1. The Morgan fingerprint density at radius 1 is 1.38 bits per heavy atom. The number of nitrogens with zero attached hydrogens (tertiary/aromatic N) is 2. The van der Waals surface area contributed by atoms with Gasteiger partial charge in [0, 0.05) is 18.0 Å². The van der Waals surface area contributed by atoms with Crippen molar-refractivity contribution in [3.63, 3.8) is 0 Å². The third-order valence-electron chi connectivity index (χ3n) is 4.22. The van der Waals surface area contributed by atoms with Crippen molar-refractivity contribution in [2.24, 2.45) is 5.73 Å². The first-order valence-electron chi connectivity index (χ1n) is 8.50. The fraction of sp³-hybridized carbons (Fsp3) is 0.389. The average molecular weight is 379 g/mol. The van der Waals surface area contributed by atoms with Crippen LogP contribution >= 0.6 is 12.4 Å². The first-order chi connectivity index (χ1) is 12.1. The molecule has 1 amide bonds. The highest BCUT2D eigenvalue weighted by atomic mass is 35.5. The number of carbonyl (C=O) groups is 1. The van der Waals surface area contributed by atoms with Crippen LogP contribution in [0.1, 0.15) is 26.2 Å². The van der Waals surface area contributed by atoms with Gasteiger partial charge in [0.1, 0.15) is 17.6 Å². The molecule has 0 spiro atoms. The monoisotopic (exact) mass is 378 g/mol. The minimum Gasteiger partial charge on any atom is -0.448 e. The topological polar surface area (TPSA) is 103 Å². The summed E-state index contributed by atoms with van der Waals surface area (Å²) < 4.78 is 6.87. The molecule has 0 saturated carbocycles. The standard InChI is InChI=1S/C18H22N4O3.ClH/c1-2-3-6-12(9-19)21-15(23)10-22-11-20-16-13-7-4-5-8-14(13)25-17(16)18(22)24;/h4-5,7-8,11-12H,2-3,6,9-10,19H2,1H3,(H,21,23);1H.